The molecule has 0 unspecified atom stereocenters. The molecule has 4 nitrogen and oxygen atoms in total. The zero-order valence-corrected chi connectivity index (χ0v) is 13.3. The standard InChI is InChI=1S/C15H15N3OS2/c1-8-6-20-7-10(8)14-17-15(19-18-14)12-9-4-2-3-5-11(9)21-13(12)16/h6-7H,2-5,16H2,1H3. The Morgan fingerprint density at radius 3 is 2.90 bits per heavy atom. The third kappa shape index (κ3) is 2.10. The van der Waals surface area contributed by atoms with Gasteiger partial charge >= 0.3 is 0 Å². The summed E-state index contributed by atoms with van der Waals surface area (Å²) in [6.07, 6.45) is 4.64. The van der Waals surface area contributed by atoms with E-state index in [1.807, 2.05) is 0 Å². The van der Waals surface area contributed by atoms with Gasteiger partial charge in [-0.1, -0.05) is 5.16 Å². The molecule has 0 atom stereocenters. The summed E-state index contributed by atoms with van der Waals surface area (Å²) in [4.78, 5) is 5.97. The minimum Gasteiger partial charge on any atom is -0.390 e. The smallest absolute Gasteiger partial charge is 0.261 e. The number of nitrogens with zero attached hydrogens (tertiary/aromatic N) is 2. The van der Waals surface area contributed by atoms with Crippen molar-refractivity contribution in [2.24, 2.45) is 0 Å². The van der Waals surface area contributed by atoms with Gasteiger partial charge in [0.2, 0.25) is 5.82 Å². The van der Waals surface area contributed by atoms with Crippen molar-refractivity contribution in [2.75, 3.05) is 5.73 Å². The van der Waals surface area contributed by atoms with Crippen molar-refractivity contribution >= 4 is 27.7 Å². The summed E-state index contributed by atoms with van der Waals surface area (Å²) >= 11 is 3.32. The fourth-order valence-corrected chi connectivity index (χ4v) is 4.82. The summed E-state index contributed by atoms with van der Waals surface area (Å²) in [6, 6.07) is 0. The van der Waals surface area contributed by atoms with E-state index in [2.05, 4.69) is 27.8 Å². The molecule has 0 spiro atoms. The van der Waals surface area contributed by atoms with Crippen LogP contribution in [0.3, 0.4) is 0 Å². The summed E-state index contributed by atoms with van der Waals surface area (Å²) in [5, 5.41) is 9.08. The van der Waals surface area contributed by atoms with Crippen molar-refractivity contribution in [1.82, 2.24) is 10.1 Å². The number of anilines is 1. The van der Waals surface area contributed by atoms with E-state index in [9.17, 15) is 0 Å². The van der Waals surface area contributed by atoms with Crippen LogP contribution in [-0.2, 0) is 12.8 Å². The molecule has 3 aromatic heterocycles. The van der Waals surface area contributed by atoms with Crippen LogP contribution in [0.2, 0.25) is 0 Å². The topological polar surface area (TPSA) is 64.9 Å². The number of aryl methyl sites for hydroxylation is 2. The number of fused-ring (bicyclic) bond motifs is 1. The van der Waals surface area contributed by atoms with E-state index in [4.69, 9.17) is 10.3 Å². The third-order valence-electron chi connectivity index (χ3n) is 3.93. The molecular weight excluding hydrogens is 302 g/mol. The van der Waals surface area contributed by atoms with Crippen LogP contribution in [0.25, 0.3) is 22.8 Å². The van der Waals surface area contributed by atoms with Crippen LogP contribution >= 0.6 is 22.7 Å². The fourth-order valence-electron chi connectivity index (χ4n) is 2.85. The van der Waals surface area contributed by atoms with E-state index in [1.54, 1.807) is 22.7 Å². The first-order valence-electron chi connectivity index (χ1n) is 7.01. The molecule has 3 heterocycles. The second-order valence-electron chi connectivity index (χ2n) is 5.34. The van der Waals surface area contributed by atoms with Gasteiger partial charge in [-0.3, -0.25) is 0 Å². The maximum atomic E-state index is 6.20. The summed E-state index contributed by atoms with van der Waals surface area (Å²) in [5.74, 6) is 1.21. The Balaban J connectivity index is 1.80. The predicted molar refractivity (Wildman–Crippen MR) is 86.7 cm³/mol. The number of nitrogens with two attached hydrogens (primary N) is 1. The minimum absolute atomic E-state index is 0.563. The van der Waals surface area contributed by atoms with Crippen LogP contribution in [0.1, 0.15) is 28.8 Å². The molecule has 2 N–H and O–H groups in total. The first-order chi connectivity index (χ1) is 10.2. The number of rotatable bonds is 2. The van der Waals surface area contributed by atoms with Gasteiger partial charge in [-0.2, -0.15) is 16.3 Å². The summed E-state index contributed by atoms with van der Waals surface area (Å²) < 4.78 is 5.50. The van der Waals surface area contributed by atoms with Gasteiger partial charge < -0.3 is 10.3 Å². The molecule has 0 fully saturated rings. The molecule has 21 heavy (non-hydrogen) atoms. The minimum atomic E-state index is 0.563. The van der Waals surface area contributed by atoms with Crippen molar-refractivity contribution < 1.29 is 4.52 Å². The van der Waals surface area contributed by atoms with Gasteiger partial charge in [0.25, 0.3) is 5.89 Å². The molecule has 108 valence electrons. The second kappa shape index (κ2) is 4.96. The van der Waals surface area contributed by atoms with Gasteiger partial charge in [0.15, 0.2) is 0 Å². The van der Waals surface area contributed by atoms with Crippen molar-refractivity contribution in [2.45, 2.75) is 32.6 Å². The second-order valence-corrected chi connectivity index (χ2v) is 7.22. The Morgan fingerprint density at radius 2 is 2.10 bits per heavy atom. The molecule has 3 aromatic rings. The van der Waals surface area contributed by atoms with Crippen molar-refractivity contribution in [3.8, 4) is 22.8 Å². The SMILES string of the molecule is Cc1cscc1-c1noc(-c2c(N)sc3c2CCCC3)n1. The van der Waals surface area contributed by atoms with Crippen LogP contribution in [0.4, 0.5) is 5.00 Å². The molecule has 4 rings (SSSR count). The third-order valence-corrected chi connectivity index (χ3v) is 5.92. The Bertz CT molecular complexity index is 800. The highest BCUT2D eigenvalue weighted by atomic mass is 32.1. The molecule has 0 saturated carbocycles. The van der Waals surface area contributed by atoms with Crippen LogP contribution in [0, 0.1) is 6.92 Å². The van der Waals surface area contributed by atoms with Crippen LogP contribution in [-0.4, -0.2) is 10.1 Å². The van der Waals surface area contributed by atoms with Crippen molar-refractivity contribution in [3.63, 3.8) is 0 Å². The molecule has 1 aliphatic carbocycles. The molecular formula is C15H15N3OS2. The Kier molecular flexibility index (Phi) is 3.08. The number of aromatic nitrogens is 2. The van der Waals surface area contributed by atoms with E-state index in [0.29, 0.717) is 11.7 Å². The highest BCUT2D eigenvalue weighted by Crippen LogP contribution is 2.42. The molecule has 0 amide bonds. The quantitative estimate of drug-likeness (QED) is 0.765. The average molecular weight is 317 g/mol. The van der Waals surface area contributed by atoms with E-state index in [0.717, 1.165) is 29.0 Å². The Labute approximate surface area is 130 Å². The molecule has 0 saturated heterocycles. The Hall–Kier alpha value is -1.66. The number of hydrogen-bond acceptors (Lipinski definition) is 6. The lowest BCUT2D eigenvalue weighted by atomic mass is 9.95. The monoisotopic (exact) mass is 317 g/mol. The van der Waals surface area contributed by atoms with Gasteiger partial charge in [0.1, 0.15) is 0 Å². The van der Waals surface area contributed by atoms with Crippen LogP contribution in [0.5, 0.6) is 0 Å². The van der Waals surface area contributed by atoms with Crippen molar-refractivity contribution in [3.05, 3.63) is 26.8 Å². The lowest BCUT2D eigenvalue weighted by Gasteiger charge is -2.10. The molecule has 0 aromatic carbocycles. The summed E-state index contributed by atoms with van der Waals surface area (Å²) in [6.45, 7) is 2.06. The maximum Gasteiger partial charge on any atom is 0.261 e. The highest BCUT2D eigenvalue weighted by Gasteiger charge is 2.24. The number of nitrogen functional groups attached to an aromatic ring is 1. The fraction of sp³-hybridized carbons (Fsp3) is 0.333. The van der Waals surface area contributed by atoms with Crippen molar-refractivity contribution in [1.29, 1.82) is 0 Å². The maximum absolute atomic E-state index is 6.20. The molecule has 0 bridgehead atoms. The van der Waals surface area contributed by atoms with Gasteiger partial charge in [0, 0.05) is 15.8 Å². The van der Waals surface area contributed by atoms with E-state index in [1.165, 1.54) is 28.8 Å². The molecule has 0 radical (unpaired) electrons. The zero-order valence-electron chi connectivity index (χ0n) is 11.7. The van der Waals surface area contributed by atoms with Gasteiger partial charge in [0.05, 0.1) is 10.6 Å². The number of thiophene rings is 2. The lowest BCUT2D eigenvalue weighted by molar-refractivity contribution is 0.432. The average Bonchev–Trinajstić information content (AvgIpc) is 3.15. The van der Waals surface area contributed by atoms with Gasteiger partial charge in [-0.05, 0) is 49.1 Å². The first kappa shape index (κ1) is 13.0. The zero-order chi connectivity index (χ0) is 14.4. The van der Waals surface area contributed by atoms with E-state index in [-0.39, 0.29) is 0 Å². The van der Waals surface area contributed by atoms with E-state index >= 15 is 0 Å². The van der Waals surface area contributed by atoms with Crippen LogP contribution < -0.4 is 5.73 Å². The first-order valence-corrected chi connectivity index (χ1v) is 8.77. The van der Waals surface area contributed by atoms with Gasteiger partial charge in [-0.25, -0.2) is 0 Å². The molecule has 1 aliphatic rings. The summed E-state index contributed by atoms with van der Waals surface area (Å²) in [5.41, 5.74) is 10.7. The largest absolute Gasteiger partial charge is 0.390 e. The molecule has 0 aliphatic heterocycles. The predicted octanol–water partition coefficient (Wildman–Crippen LogP) is 4.30. The lowest BCUT2D eigenvalue weighted by Crippen LogP contribution is -1.99. The number of hydrogen-bond donors (Lipinski definition) is 1. The normalized spacial score (nSPS) is 14.3. The Morgan fingerprint density at radius 1 is 1.24 bits per heavy atom. The molecule has 6 heteroatoms. The highest BCUT2D eigenvalue weighted by molar-refractivity contribution is 7.16. The summed E-state index contributed by atoms with van der Waals surface area (Å²) in [7, 11) is 0. The van der Waals surface area contributed by atoms with Gasteiger partial charge in [-0.15, -0.1) is 11.3 Å². The van der Waals surface area contributed by atoms with E-state index < -0.39 is 0 Å². The van der Waals surface area contributed by atoms with Crippen LogP contribution in [0.15, 0.2) is 15.3 Å².